The Hall–Kier alpha value is -2.67. The summed E-state index contributed by atoms with van der Waals surface area (Å²) in [6, 6.07) is 17.1. The van der Waals surface area contributed by atoms with E-state index in [0.29, 0.717) is 5.95 Å². The number of para-hydroxylation sites is 3. The van der Waals surface area contributed by atoms with Crippen molar-refractivity contribution < 1.29 is 13.2 Å². The average molecular weight is 367 g/mol. The van der Waals surface area contributed by atoms with Crippen molar-refractivity contribution in [1.82, 2.24) is 9.55 Å². The highest BCUT2D eigenvalue weighted by Gasteiger charge is 2.50. The van der Waals surface area contributed by atoms with E-state index in [0.717, 1.165) is 16.7 Å². The molecule has 0 spiro atoms. The fraction of sp³-hybridized carbons (Fsp3) is 0.263. The molecule has 2 saturated heterocycles. The smallest absolute Gasteiger partial charge is 0.230 e. The molecule has 2 aliphatic rings. The minimum Gasteiger partial charge on any atom is -0.278 e. The molecule has 0 aliphatic carbocycles. The minimum absolute atomic E-state index is 0.0153. The van der Waals surface area contributed by atoms with Crippen molar-refractivity contribution in [3.8, 4) is 5.69 Å². The molecule has 3 heterocycles. The van der Waals surface area contributed by atoms with Crippen LogP contribution in [0.5, 0.6) is 0 Å². The molecule has 1 amide bonds. The zero-order valence-corrected chi connectivity index (χ0v) is 14.8. The van der Waals surface area contributed by atoms with Crippen molar-refractivity contribution in [2.45, 2.75) is 12.5 Å². The molecule has 0 N–H and O–H groups in total. The maximum absolute atomic E-state index is 12.7. The fourth-order valence-electron chi connectivity index (χ4n) is 4.16. The van der Waals surface area contributed by atoms with Crippen molar-refractivity contribution in [1.29, 1.82) is 0 Å². The Labute approximate surface area is 151 Å². The van der Waals surface area contributed by atoms with Gasteiger partial charge >= 0.3 is 0 Å². The van der Waals surface area contributed by atoms with Crippen LogP contribution < -0.4 is 4.90 Å². The lowest BCUT2D eigenvalue weighted by Crippen LogP contribution is -2.38. The van der Waals surface area contributed by atoms with Crippen molar-refractivity contribution in [2.75, 3.05) is 16.4 Å². The number of fused-ring (bicyclic) bond motifs is 2. The number of rotatable bonds is 2. The molecule has 1 aromatic heterocycles. The van der Waals surface area contributed by atoms with Gasteiger partial charge in [0.05, 0.1) is 28.6 Å². The molecule has 0 saturated carbocycles. The quantitative estimate of drug-likeness (QED) is 0.696. The highest BCUT2D eigenvalue weighted by Crippen LogP contribution is 2.38. The second-order valence-corrected chi connectivity index (χ2v) is 9.10. The van der Waals surface area contributed by atoms with Gasteiger partial charge in [-0.1, -0.05) is 30.3 Å². The van der Waals surface area contributed by atoms with Gasteiger partial charge in [0.15, 0.2) is 9.84 Å². The van der Waals surface area contributed by atoms with Gasteiger partial charge < -0.3 is 0 Å². The predicted molar refractivity (Wildman–Crippen MR) is 99.1 cm³/mol. The Kier molecular flexibility index (Phi) is 3.24. The summed E-state index contributed by atoms with van der Waals surface area (Å²) in [6.07, 6.45) is 0.266. The predicted octanol–water partition coefficient (Wildman–Crippen LogP) is 2.18. The number of aromatic nitrogens is 2. The lowest BCUT2D eigenvalue weighted by atomic mass is 10.1. The molecule has 2 aliphatic heterocycles. The van der Waals surface area contributed by atoms with Crippen LogP contribution in [-0.2, 0) is 14.6 Å². The summed E-state index contributed by atoms with van der Waals surface area (Å²) in [7, 11) is -3.11. The van der Waals surface area contributed by atoms with E-state index in [1.54, 1.807) is 4.90 Å². The average Bonchev–Trinajstić information content (AvgIpc) is 3.21. The molecule has 2 fully saturated rings. The third kappa shape index (κ3) is 2.27. The van der Waals surface area contributed by atoms with Crippen LogP contribution in [0.25, 0.3) is 16.7 Å². The topological polar surface area (TPSA) is 72.3 Å². The number of anilines is 1. The number of carbonyl (C=O) groups is 1. The van der Waals surface area contributed by atoms with Gasteiger partial charge in [0.2, 0.25) is 11.9 Å². The highest BCUT2D eigenvalue weighted by atomic mass is 32.2. The van der Waals surface area contributed by atoms with E-state index >= 15 is 0 Å². The SMILES string of the molecule is O=C1C[C@@H]2CS(=O)(=O)C[C@H]2N1c1nc2ccccc2n1-c1ccccc1. The normalized spacial score (nSPS) is 24.3. The molecule has 132 valence electrons. The molecule has 0 radical (unpaired) electrons. The van der Waals surface area contributed by atoms with Crippen LogP contribution >= 0.6 is 0 Å². The van der Waals surface area contributed by atoms with Crippen LogP contribution in [0.15, 0.2) is 54.6 Å². The summed E-state index contributed by atoms with van der Waals surface area (Å²) in [4.78, 5) is 19.1. The third-order valence-electron chi connectivity index (χ3n) is 5.25. The zero-order chi connectivity index (χ0) is 17.9. The second kappa shape index (κ2) is 5.41. The number of imidazole rings is 1. The van der Waals surface area contributed by atoms with Crippen LogP contribution in [0.2, 0.25) is 0 Å². The fourth-order valence-corrected chi connectivity index (χ4v) is 6.23. The zero-order valence-electron chi connectivity index (χ0n) is 13.9. The van der Waals surface area contributed by atoms with Crippen LogP contribution in [0.3, 0.4) is 0 Å². The summed E-state index contributed by atoms with van der Waals surface area (Å²) in [5.41, 5.74) is 2.57. The number of amides is 1. The van der Waals surface area contributed by atoms with E-state index in [-0.39, 0.29) is 35.8 Å². The van der Waals surface area contributed by atoms with Crippen molar-refractivity contribution in [3.05, 3.63) is 54.6 Å². The molecule has 6 nitrogen and oxygen atoms in total. The minimum atomic E-state index is -3.11. The first-order chi connectivity index (χ1) is 12.5. The van der Waals surface area contributed by atoms with Crippen LogP contribution in [0.1, 0.15) is 6.42 Å². The van der Waals surface area contributed by atoms with Gasteiger partial charge in [-0.15, -0.1) is 0 Å². The molecule has 7 heteroatoms. The number of carbonyl (C=O) groups excluding carboxylic acids is 1. The van der Waals surface area contributed by atoms with Crippen LogP contribution in [-0.4, -0.2) is 41.4 Å². The van der Waals surface area contributed by atoms with Gasteiger partial charge in [0.1, 0.15) is 0 Å². The van der Waals surface area contributed by atoms with Gasteiger partial charge in [-0.25, -0.2) is 13.4 Å². The molecule has 5 rings (SSSR count). The first kappa shape index (κ1) is 15.6. The van der Waals surface area contributed by atoms with Crippen molar-refractivity contribution in [3.63, 3.8) is 0 Å². The maximum atomic E-state index is 12.7. The number of nitrogens with zero attached hydrogens (tertiary/aromatic N) is 3. The maximum Gasteiger partial charge on any atom is 0.230 e. The van der Waals surface area contributed by atoms with Crippen LogP contribution in [0, 0.1) is 5.92 Å². The van der Waals surface area contributed by atoms with E-state index in [2.05, 4.69) is 0 Å². The van der Waals surface area contributed by atoms with E-state index in [9.17, 15) is 13.2 Å². The number of hydrogen-bond acceptors (Lipinski definition) is 4. The standard InChI is InChI=1S/C19H17N3O3S/c23-18-10-13-11-26(24,25)12-17(13)22(18)19-20-15-8-4-5-9-16(15)21(19)14-6-2-1-3-7-14/h1-9,13,17H,10-12H2/t13-,17-/m1/s1. The van der Waals surface area contributed by atoms with Gasteiger partial charge in [-0.2, -0.15) is 0 Å². The van der Waals surface area contributed by atoms with Crippen molar-refractivity contribution >= 4 is 32.7 Å². The molecule has 2 atom stereocenters. The Balaban J connectivity index is 1.73. The first-order valence-electron chi connectivity index (χ1n) is 8.59. The Morgan fingerprint density at radius 1 is 0.962 bits per heavy atom. The number of sulfone groups is 1. The Morgan fingerprint density at radius 2 is 1.69 bits per heavy atom. The summed E-state index contributed by atoms with van der Waals surface area (Å²) in [6.45, 7) is 0. The molecular weight excluding hydrogens is 350 g/mol. The molecule has 0 bridgehead atoms. The number of benzene rings is 2. The van der Waals surface area contributed by atoms with Crippen molar-refractivity contribution in [2.24, 2.45) is 5.92 Å². The van der Waals surface area contributed by atoms with E-state index in [4.69, 9.17) is 4.98 Å². The Morgan fingerprint density at radius 3 is 2.50 bits per heavy atom. The second-order valence-electron chi connectivity index (χ2n) is 6.94. The van der Waals surface area contributed by atoms with Crippen LogP contribution in [0.4, 0.5) is 5.95 Å². The van der Waals surface area contributed by atoms with E-state index in [1.165, 1.54) is 0 Å². The lowest BCUT2D eigenvalue weighted by Gasteiger charge is -2.23. The van der Waals surface area contributed by atoms with E-state index in [1.807, 2.05) is 59.2 Å². The van der Waals surface area contributed by atoms with Gasteiger partial charge in [0.25, 0.3) is 0 Å². The molecular formula is C19H17N3O3S. The van der Waals surface area contributed by atoms with Gasteiger partial charge in [-0.3, -0.25) is 14.3 Å². The molecule has 26 heavy (non-hydrogen) atoms. The molecule has 3 aromatic rings. The summed E-state index contributed by atoms with van der Waals surface area (Å²) in [5.74, 6) is 0.415. The summed E-state index contributed by atoms with van der Waals surface area (Å²) >= 11 is 0. The van der Waals surface area contributed by atoms with Gasteiger partial charge in [-0.05, 0) is 24.3 Å². The first-order valence-corrected chi connectivity index (χ1v) is 10.4. The molecule has 2 aromatic carbocycles. The third-order valence-corrected chi connectivity index (χ3v) is 7.03. The van der Waals surface area contributed by atoms with Gasteiger partial charge in [0, 0.05) is 18.0 Å². The van der Waals surface area contributed by atoms with E-state index < -0.39 is 9.84 Å². The summed E-state index contributed by atoms with van der Waals surface area (Å²) in [5, 5.41) is 0. The molecule has 0 unspecified atom stereocenters. The number of hydrogen-bond donors (Lipinski definition) is 0. The summed E-state index contributed by atoms with van der Waals surface area (Å²) < 4.78 is 26.1. The largest absolute Gasteiger partial charge is 0.278 e. The monoisotopic (exact) mass is 367 g/mol. The lowest BCUT2D eigenvalue weighted by molar-refractivity contribution is -0.117. The highest BCUT2D eigenvalue weighted by molar-refractivity contribution is 7.91. The Bertz CT molecular complexity index is 1120.